The average Bonchev–Trinajstić information content (AvgIpc) is 3.18. The number of hydrazine groups is 1. The standard InChI is InChI=1S/C15H16N6O2S2/c1-21(20-13(23)17-14-18-19-15(24)25-14)12(22)7-6-9-8-16-11-5-3-2-4-10(9)11/h2-5,8,16H,6-7H2,1H3,(H,19,24)(H2,17,18,20,23). The molecule has 130 valence electrons. The molecule has 0 radical (unpaired) electrons. The van der Waals surface area contributed by atoms with Gasteiger partial charge in [0, 0.05) is 30.6 Å². The van der Waals surface area contributed by atoms with E-state index in [1.807, 2.05) is 30.5 Å². The van der Waals surface area contributed by atoms with Crippen molar-refractivity contribution < 1.29 is 9.59 Å². The van der Waals surface area contributed by atoms with Crippen LogP contribution in [-0.4, -0.2) is 39.2 Å². The Kier molecular flexibility index (Phi) is 5.10. The van der Waals surface area contributed by atoms with Gasteiger partial charge < -0.3 is 4.98 Å². The van der Waals surface area contributed by atoms with Gasteiger partial charge in [-0.1, -0.05) is 29.5 Å². The molecule has 0 saturated heterocycles. The van der Waals surface area contributed by atoms with Gasteiger partial charge in [0.2, 0.25) is 11.0 Å². The molecule has 8 nitrogen and oxygen atoms in total. The second-order valence-corrected chi connectivity index (χ2v) is 6.96. The molecule has 1 aromatic carbocycles. The highest BCUT2D eigenvalue weighted by Crippen LogP contribution is 2.19. The molecule has 0 saturated carbocycles. The van der Waals surface area contributed by atoms with E-state index in [0.29, 0.717) is 15.5 Å². The molecule has 2 aromatic heterocycles. The zero-order valence-electron chi connectivity index (χ0n) is 13.3. The summed E-state index contributed by atoms with van der Waals surface area (Å²) in [6, 6.07) is 7.37. The Morgan fingerprint density at radius 2 is 2.16 bits per heavy atom. The molecular formula is C15H16N6O2S2. The molecular weight excluding hydrogens is 360 g/mol. The Morgan fingerprint density at radius 3 is 2.92 bits per heavy atom. The van der Waals surface area contributed by atoms with Crippen LogP contribution in [0.5, 0.6) is 0 Å². The molecule has 2 heterocycles. The largest absolute Gasteiger partial charge is 0.361 e. The number of aromatic nitrogens is 3. The summed E-state index contributed by atoms with van der Waals surface area (Å²) in [5.41, 5.74) is 4.56. The monoisotopic (exact) mass is 376 g/mol. The van der Waals surface area contributed by atoms with Gasteiger partial charge in [-0.05, 0) is 30.3 Å². The Bertz CT molecular complexity index is 960. The van der Waals surface area contributed by atoms with Gasteiger partial charge in [0.25, 0.3) is 0 Å². The summed E-state index contributed by atoms with van der Waals surface area (Å²) in [6.45, 7) is 0. The SMILES string of the molecule is CN(NC(=O)Nc1n[nH]c(=S)s1)C(=O)CCc1c[nH]c2ccccc12. The topological polar surface area (TPSA) is 106 Å². The second-order valence-electron chi connectivity index (χ2n) is 5.30. The first-order chi connectivity index (χ1) is 12.0. The van der Waals surface area contributed by atoms with Crippen LogP contribution in [0.1, 0.15) is 12.0 Å². The molecule has 0 aliphatic carbocycles. The van der Waals surface area contributed by atoms with E-state index in [4.69, 9.17) is 12.2 Å². The number of urea groups is 1. The smallest absolute Gasteiger partial charge is 0.339 e. The molecule has 3 amide bonds. The number of aryl methyl sites for hydroxylation is 1. The lowest BCUT2D eigenvalue weighted by Crippen LogP contribution is -2.45. The number of para-hydroxylation sites is 1. The third-order valence-electron chi connectivity index (χ3n) is 3.59. The summed E-state index contributed by atoms with van der Waals surface area (Å²) in [4.78, 5) is 27.2. The van der Waals surface area contributed by atoms with Crippen molar-refractivity contribution in [2.45, 2.75) is 12.8 Å². The molecule has 0 aliphatic heterocycles. The molecule has 0 aliphatic rings. The van der Waals surface area contributed by atoms with Crippen LogP contribution in [0.25, 0.3) is 10.9 Å². The zero-order valence-corrected chi connectivity index (χ0v) is 15.0. The maximum absolute atomic E-state index is 12.2. The van der Waals surface area contributed by atoms with Crippen LogP contribution >= 0.6 is 23.6 Å². The normalized spacial score (nSPS) is 10.6. The summed E-state index contributed by atoms with van der Waals surface area (Å²) in [5, 5.41) is 11.5. The number of hydrogen-bond acceptors (Lipinski definition) is 5. The quantitative estimate of drug-likeness (QED) is 0.415. The van der Waals surface area contributed by atoms with Gasteiger partial charge in [-0.25, -0.2) is 10.2 Å². The van der Waals surface area contributed by atoms with E-state index >= 15 is 0 Å². The Balaban J connectivity index is 1.52. The number of nitrogens with one attached hydrogen (secondary N) is 4. The number of rotatable bonds is 4. The van der Waals surface area contributed by atoms with Crippen molar-refractivity contribution in [3.8, 4) is 0 Å². The van der Waals surface area contributed by atoms with Gasteiger partial charge in [-0.15, -0.1) is 5.10 Å². The first-order valence-electron chi connectivity index (χ1n) is 7.47. The molecule has 3 aromatic rings. The minimum absolute atomic E-state index is 0.199. The first kappa shape index (κ1) is 17.1. The number of H-pyrrole nitrogens is 2. The molecule has 0 unspecified atom stereocenters. The predicted octanol–water partition coefficient (Wildman–Crippen LogP) is 2.81. The third-order valence-corrected chi connectivity index (χ3v) is 4.59. The van der Waals surface area contributed by atoms with E-state index < -0.39 is 6.03 Å². The van der Waals surface area contributed by atoms with Crippen molar-refractivity contribution in [3.63, 3.8) is 0 Å². The lowest BCUT2D eigenvalue weighted by atomic mass is 10.1. The van der Waals surface area contributed by atoms with Crippen LogP contribution in [0.3, 0.4) is 0 Å². The Labute approximate surface area is 152 Å². The molecule has 0 fully saturated rings. The van der Waals surface area contributed by atoms with Crippen LogP contribution in [0, 0.1) is 3.95 Å². The van der Waals surface area contributed by atoms with Crippen molar-refractivity contribution >= 4 is 51.5 Å². The van der Waals surface area contributed by atoms with Gasteiger partial charge in [0.1, 0.15) is 0 Å². The number of hydrogen-bond donors (Lipinski definition) is 4. The van der Waals surface area contributed by atoms with Crippen LogP contribution < -0.4 is 10.7 Å². The Hall–Kier alpha value is -2.72. The van der Waals surface area contributed by atoms with Crippen LogP contribution in [0.15, 0.2) is 30.5 Å². The average molecular weight is 376 g/mol. The fourth-order valence-electron chi connectivity index (χ4n) is 2.37. The summed E-state index contributed by atoms with van der Waals surface area (Å²) in [6.07, 6.45) is 2.76. The number of carbonyl (C=O) groups excluding carboxylic acids is 2. The van der Waals surface area contributed by atoms with E-state index in [2.05, 4.69) is 25.9 Å². The van der Waals surface area contributed by atoms with Crippen LogP contribution in [0.2, 0.25) is 0 Å². The molecule has 0 bridgehead atoms. The van der Waals surface area contributed by atoms with E-state index in [1.54, 1.807) is 0 Å². The molecule has 0 spiro atoms. The number of fused-ring (bicyclic) bond motifs is 1. The Morgan fingerprint density at radius 1 is 1.36 bits per heavy atom. The van der Waals surface area contributed by atoms with Crippen molar-refractivity contribution in [1.82, 2.24) is 25.6 Å². The summed E-state index contributed by atoms with van der Waals surface area (Å²) in [5.74, 6) is -0.199. The van der Waals surface area contributed by atoms with Gasteiger partial charge in [-0.2, -0.15) is 0 Å². The number of amides is 3. The number of benzene rings is 1. The van der Waals surface area contributed by atoms with E-state index in [-0.39, 0.29) is 12.3 Å². The van der Waals surface area contributed by atoms with Crippen molar-refractivity contribution in [2.75, 3.05) is 12.4 Å². The lowest BCUT2D eigenvalue weighted by molar-refractivity contribution is -0.131. The summed E-state index contributed by atoms with van der Waals surface area (Å²) >= 11 is 6.01. The van der Waals surface area contributed by atoms with E-state index in [1.165, 1.54) is 7.05 Å². The molecule has 25 heavy (non-hydrogen) atoms. The molecule has 3 rings (SSSR count). The molecule has 0 atom stereocenters. The van der Waals surface area contributed by atoms with E-state index in [9.17, 15) is 9.59 Å². The number of nitrogens with zero attached hydrogens (tertiary/aromatic N) is 2. The van der Waals surface area contributed by atoms with Crippen LogP contribution in [-0.2, 0) is 11.2 Å². The first-order valence-corrected chi connectivity index (χ1v) is 8.70. The fraction of sp³-hybridized carbons (Fsp3) is 0.200. The highest BCUT2D eigenvalue weighted by Gasteiger charge is 2.14. The van der Waals surface area contributed by atoms with Crippen molar-refractivity contribution in [1.29, 1.82) is 0 Å². The lowest BCUT2D eigenvalue weighted by Gasteiger charge is -2.17. The third kappa shape index (κ3) is 4.22. The second kappa shape index (κ2) is 7.45. The van der Waals surface area contributed by atoms with Gasteiger partial charge in [-0.3, -0.25) is 20.2 Å². The zero-order chi connectivity index (χ0) is 17.8. The molecule has 10 heteroatoms. The van der Waals surface area contributed by atoms with Gasteiger partial charge in [0.15, 0.2) is 3.95 Å². The van der Waals surface area contributed by atoms with Crippen molar-refractivity contribution in [2.24, 2.45) is 0 Å². The van der Waals surface area contributed by atoms with E-state index in [0.717, 1.165) is 32.8 Å². The predicted molar refractivity (Wildman–Crippen MR) is 98.8 cm³/mol. The number of aromatic amines is 2. The fourth-order valence-corrected chi connectivity index (χ4v) is 3.16. The van der Waals surface area contributed by atoms with Gasteiger partial charge in [0.05, 0.1) is 0 Å². The maximum Gasteiger partial charge on any atom is 0.339 e. The highest BCUT2D eigenvalue weighted by atomic mass is 32.1. The minimum Gasteiger partial charge on any atom is -0.361 e. The minimum atomic E-state index is -0.555. The van der Waals surface area contributed by atoms with Crippen molar-refractivity contribution in [3.05, 3.63) is 40.0 Å². The van der Waals surface area contributed by atoms with Gasteiger partial charge >= 0.3 is 6.03 Å². The van der Waals surface area contributed by atoms with Crippen LogP contribution in [0.4, 0.5) is 9.93 Å². The summed E-state index contributed by atoms with van der Waals surface area (Å²) in [7, 11) is 1.50. The highest BCUT2D eigenvalue weighted by molar-refractivity contribution is 7.73. The maximum atomic E-state index is 12.2. The molecule has 4 N–H and O–H groups in total. The summed E-state index contributed by atoms with van der Waals surface area (Å²) < 4.78 is 0.457. The number of carbonyl (C=O) groups is 2. The number of anilines is 1.